The van der Waals surface area contributed by atoms with E-state index in [1.165, 1.54) is 39.9 Å². The maximum absolute atomic E-state index is 13.1. The average molecular weight is 514 g/mol. The highest BCUT2D eigenvalue weighted by Crippen LogP contribution is 2.37. The molecule has 0 bridgehead atoms. The summed E-state index contributed by atoms with van der Waals surface area (Å²) in [4.78, 5) is 17.8. The van der Waals surface area contributed by atoms with E-state index >= 15 is 0 Å². The number of terminal acetylenes is 1. The summed E-state index contributed by atoms with van der Waals surface area (Å²) in [6.07, 6.45) is 5.17. The number of carbonyl (C=O) groups excluding carboxylic acids is 1. The van der Waals surface area contributed by atoms with Gasteiger partial charge in [0.2, 0.25) is 16.8 Å². The van der Waals surface area contributed by atoms with E-state index in [-0.39, 0.29) is 49.1 Å². The number of hydrogen-bond donors (Lipinski definition) is 0. The number of amides is 1. The number of fused-ring (bicyclic) bond motifs is 2. The van der Waals surface area contributed by atoms with Crippen molar-refractivity contribution >= 4 is 37.5 Å². The lowest BCUT2D eigenvalue weighted by atomic mass is 10.2. The van der Waals surface area contributed by atoms with Crippen LogP contribution >= 0.6 is 11.3 Å². The van der Waals surface area contributed by atoms with Crippen LogP contribution in [-0.2, 0) is 21.3 Å². The Kier molecular flexibility index (Phi) is 6.14. The number of sulfonamides is 1. The molecule has 2 aliphatic rings. The normalized spacial score (nSPS) is 20.8. The second kappa shape index (κ2) is 9.13. The zero-order valence-electron chi connectivity index (χ0n) is 19.1. The smallest absolute Gasteiger partial charge is 0.279 e. The van der Waals surface area contributed by atoms with Crippen LogP contribution in [-0.4, -0.2) is 55.3 Å². The summed E-state index contributed by atoms with van der Waals surface area (Å²) < 4.78 is 46.7. The van der Waals surface area contributed by atoms with Crippen LogP contribution in [0.25, 0.3) is 10.2 Å². The highest BCUT2D eigenvalue weighted by Gasteiger charge is 2.32. The van der Waals surface area contributed by atoms with Gasteiger partial charge in [0.1, 0.15) is 0 Å². The summed E-state index contributed by atoms with van der Waals surface area (Å²) in [5.74, 6) is 3.33. The molecule has 1 fully saturated rings. The zero-order valence-corrected chi connectivity index (χ0v) is 20.8. The Labute approximate surface area is 206 Å². The van der Waals surface area contributed by atoms with Gasteiger partial charge in [-0.3, -0.25) is 4.79 Å². The van der Waals surface area contributed by atoms with E-state index in [4.69, 9.17) is 20.6 Å². The molecule has 5 rings (SSSR count). The van der Waals surface area contributed by atoms with Crippen molar-refractivity contribution in [2.45, 2.75) is 37.5 Å². The SMILES string of the molecule is C#CCn1c(=NC(=O)c2ccc(S(=O)(=O)N3CC(C)OC(C)C3)cc2)sc2cc3c(cc21)OCO3. The van der Waals surface area contributed by atoms with Crippen molar-refractivity contribution in [3.63, 3.8) is 0 Å². The highest BCUT2D eigenvalue weighted by atomic mass is 32.2. The van der Waals surface area contributed by atoms with Gasteiger partial charge in [0, 0.05) is 30.8 Å². The molecule has 0 radical (unpaired) electrons. The molecular weight excluding hydrogens is 490 g/mol. The number of morpholine rings is 1. The maximum atomic E-state index is 13.1. The van der Waals surface area contributed by atoms with Crippen LogP contribution in [0.5, 0.6) is 11.5 Å². The van der Waals surface area contributed by atoms with E-state index in [1.54, 1.807) is 4.57 Å². The van der Waals surface area contributed by atoms with E-state index in [0.717, 1.165) is 10.2 Å². The minimum atomic E-state index is -3.70. The van der Waals surface area contributed by atoms with E-state index in [0.29, 0.717) is 16.3 Å². The first kappa shape index (κ1) is 23.6. The molecule has 0 saturated carbocycles. The zero-order chi connectivity index (χ0) is 24.7. The molecule has 1 saturated heterocycles. The fourth-order valence-electron chi connectivity index (χ4n) is 4.19. The van der Waals surface area contributed by atoms with Gasteiger partial charge in [-0.15, -0.1) is 6.42 Å². The van der Waals surface area contributed by atoms with Gasteiger partial charge in [-0.2, -0.15) is 9.30 Å². The van der Waals surface area contributed by atoms with Gasteiger partial charge in [-0.25, -0.2) is 8.42 Å². The Hall–Kier alpha value is -3.17. The molecule has 1 aromatic heterocycles. The largest absolute Gasteiger partial charge is 0.454 e. The Balaban J connectivity index is 1.45. The molecule has 2 aliphatic heterocycles. The molecule has 182 valence electrons. The van der Waals surface area contributed by atoms with E-state index in [2.05, 4.69) is 10.9 Å². The molecule has 35 heavy (non-hydrogen) atoms. The van der Waals surface area contributed by atoms with Crippen LogP contribution < -0.4 is 14.3 Å². The molecule has 0 aliphatic carbocycles. The van der Waals surface area contributed by atoms with E-state index in [9.17, 15) is 13.2 Å². The molecule has 3 heterocycles. The molecule has 0 N–H and O–H groups in total. The number of ether oxygens (including phenoxy) is 3. The summed E-state index contributed by atoms with van der Waals surface area (Å²) in [5, 5.41) is 0. The van der Waals surface area contributed by atoms with Crippen LogP contribution in [0.2, 0.25) is 0 Å². The van der Waals surface area contributed by atoms with Crippen LogP contribution in [0.15, 0.2) is 46.3 Å². The third-order valence-electron chi connectivity index (χ3n) is 5.75. The summed E-state index contributed by atoms with van der Waals surface area (Å²) in [5.41, 5.74) is 1.06. The van der Waals surface area contributed by atoms with Crippen molar-refractivity contribution < 1.29 is 27.4 Å². The molecule has 9 nitrogen and oxygen atoms in total. The lowest BCUT2D eigenvalue weighted by Crippen LogP contribution is -2.48. The minimum absolute atomic E-state index is 0.120. The van der Waals surface area contributed by atoms with Gasteiger partial charge >= 0.3 is 0 Å². The second-order valence-corrected chi connectivity index (χ2v) is 11.3. The lowest BCUT2D eigenvalue weighted by Gasteiger charge is -2.34. The highest BCUT2D eigenvalue weighted by molar-refractivity contribution is 7.89. The fourth-order valence-corrected chi connectivity index (χ4v) is 6.81. The Morgan fingerprint density at radius 2 is 1.80 bits per heavy atom. The topological polar surface area (TPSA) is 99.4 Å². The van der Waals surface area contributed by atoms with Gasteiger partial charge in [-0.05, 0) is 38.1 Å². The molecule has 3 aromatic rings. The van der Waals surface area contributed by atoms with Crippen molar-refractivity contribution in [1.29, 1.82) is 0 Å². The standard InChI is InChI=1S/C24H23N3O6S2/c1-4-9-27-19-10-20-21(32-14-31-20)11-22(19)34-24(27)25-23(28)17-5-7-18(8-6-17)35(29,30)26-12-15(2)33-16(3)13-26/h1,5-8,10-11,15-16H,9,12-14H2,2-3H3. The Morgan fingerprint density at radius 1 is 1.14 bits per heavy atom. The van der Waals surface area contributed by atoms with Gasteiger partial charge < -0.3 is 18.8 Å². The molecule has 2 atom stereocenters. The summed E-state index contributed by atoms with van der Waals surface area (Å²) in [6.45, 7) is 4.63. The second-order valence-electron chi connectivity index (χ2n) is 8.37. The number of thiazole rings is 1. The van der Waals surface area contributed by atoms with Gasteiger partial charge in [-0.1, -0.05) is 17.3 Å². The first-order chi connectivity index (χ1) is 16.8. The average Bonchev–Trinajstić information content (AvgIpc) is 3.41. The minimum Gasteiger partial charge on any atom is -0.454 e. The van der Waals surface area contributed by atoms with Crippen LogP contribution in [0.3, 0.4) is 0 Å². The summed E-state index contributed by atoms with van der Waals surface area (Å²) >= 11 is 1.31. The van der Waals surface area contributed by atoms with Crippen molar-refractivity contribution in [3.05, 3.63) is 46.8 Å². The maximum Gasteiger partial charge on any atom is 0.279 e. The van der Waals surface area contributed by atoms with Crippen molar-refractivity contribution in [1.82, 2.24) is 8.87 Å². The van der Waals surface area contributed by atoms with Gasteiger partial charge in [0.25, 0.3) is 5.91 Å². The first-order valence-electron chi connectivity index (χ1n) is 11.0. The predicted molar refractivity (Wildman–Crippen MR) is 130 cm³/mol. The van der Waals surface area contributed by atoms with Gasteiger partial charge in [0.05, 0.1) is 33.9 Å². The Morgan fingerprint density at radius 3 is 2.46 bits per heavy atom. The first-order valence-corrected chi connectivity index (χ1v) is 13.2. The third-order valence-corrected chi connectivity index (χ3v) is 8.64. The molecule has 2 aromatic carbocycles. The predicted octanol–water partition coefficient (Wildman–Crippen LogP) is 2.60. The summed E-state index contributed by atoms with van der Waals surface area (Å²) in [6, 6.07) is 9.47. The van der Waals surface area contributed by atoms with Crippen LogP contribution in [0.4, 0.5) is 0 Å². The molecule has 0 spiro atoms. The van der Waals surface area contributed by atoms with Crippen molar-refractivity contribution in [3.8, 4) is 23.8 Å². The van der Waals surface area contributed by atoms with Crippen LogP contribution in [0, 0.1) is 12.3 Å². The number of carbonyl (C=O) groups is 1. The summed E-state index contributed by atoms with van der Waals surface area (Å²) in [7, 11) is -3.70. The van der Waals surface area contributed by atoms with E-state index < -0.39 is 15.9 Å². The monoisotopic (exact) mass is 513 g/mol. The lowest BCUT2D eigenvalue weighted by molar-refractivity contribution is -0.0440. The van der Waals surface area contributed by atoms with Crippen molar-refractivity contribution in [2.24, 2.45) is 4.99 Å². The number of rotatable bonds is 4. The van der Waals surface area contributed by atoms with Gasteiger partial charge in [0.15, 0.2) is 16.3 Å². The number of hydrogen-bond acceptors (Lipinski definition) is 7. The number of benzene rings is 2. The number of aromatic nitrogens is 1. The van der Waals surface area contributed by atoms with Crippen molar-refractivity contribution in [2.75, 3.05) is 19.9 Å². The number of nitrogens with zero attached hydrogens (tertiary/aromatic N) is 3. The van der Waals surface area contributed by atoms with Crippen LogP contribution in [0.1, 0.15) is 24.2 Å². The molecule has 11 heteroatoms. The Bertz CT molecular complexity index is 1510. The molecular formula is C24H23N3O6S2. The molecule has 1 amide bonds. The quantitative estimate of drug-likeness (QED) is 0.498. The molecule has 2 unspecified atom stereocenters. The fraction of sp³-hybridized carbons (Fsp3) is 0.333. The van der Waals surface area contributed by atoms with E-state index in [1.807, 2.05) is 26.0 Å². The third kappa shape index (κ3) is 4.46.